The maximum Gasteiger partial charge on any atom is 0.126 e. The zero-order chi connectivity index (χ0) is 20.1. The Bertz CT molecular complexity index is 798. The molecule has 0 radical (unpaired) electrons. The Balaban J connectivity index is 1.44. The molecule has 5 heteroatoms. The first-order chi connectivity index (χ1) is 14.2. The molecule has 0 aliphatic heterocycles. The van der Waals surface area contributed by atoms with Crippen molar-refractivity contribution in [3.8, 4) is 16.9 Å². The number of halogens is 1. The average Bonchev–Trinajstić information content (AvgIpc) is 2.76. The number of benzene rings is 1. The minimum Gasteiger partial charge on any atom is -0.493 e. The summed E-state index contributed by atoms with van der Waals surface area (Å²) in [6.07, 6.45) is 12.7. The van der Waals surface area contributed by atoms with Crippen LogP contribution in [0.4, 0.5) is 5.82 Å². The van der Waals surface area contributed by atoms with Gasteiger partial charge in [-0.3, -0.25) is 0 Å². The molecule has 4 nitrogen and oxygen atoms in total. The summed E-state index contributed by atoms with van der Waals surface area (Å²) in [6.45, 7) is 0.810. The van der Waals surface area contributed by atoms with Crippen LogP contribution in [0.15, 0.2) is 36.5 Å². The van der Waals surface area contributed by atoms with E-state index >= 15 is 0 Å². The molecule has 0 saturated heterocycles. The van der Waals surface area contributed by atoms with Crippen molar-refractivity contribution in [2.45, 2.75) is 69.9 Å². The van der Waals surface area contributed by atoms with E-state index in [-0.39, 0.29) is 0 Å². The Hall–Kier alpha value is -1.78. The number of aromatic nitrogens is 1. The van der Waals surface area contributed by atoms with Crippen LogP contribution in [0.2, 0.25) is 5.02 Å². The number of nitrogens with two attached hydrogens (primary N) is 1. The number of rotatable bonds is 6. The van der Waals surface area contributed by atoms with Crippen molar-refractivity contribution in [1.82, 2.24) is 4.98 Å². The highest BCUT2D eigenvalue weighted by molar-refractivity contribution is 6.33. The van der Waals surface area contributed by atoms with E-state index in [2.05, 4.69) is 28.5 Å². The maximum atomic E-state index is 6.50. The van der Waals surface area contributed by atoms with Gasteiger partial charge in [0.05, 0.1) is 11.6 Å². The SMILES string of the molecule is N[C@H]1CC[C@H](Nc2cc(-c3cccc(OCC4CCCCC4)c3)c(Cl)cn2)CC1. The molecule has 0 unspecified atom stereocenters. The standard InChI is InChI=1S/C24H32ClN3O/c25-23-15-27-24(28-20-11-9-19(26)10-12-20)14-22(23)18-7-4-8-21(13-18)29-16-17-5-2-1-3-6-17/h4,7-8,13-15,17,19-20H,1-3,5-6,9-12,16,26H2,(H,27,28)/t19-,20-. The van der Waals surface area contributed by atoms with E-state index in [9.17, 15) is 0 Å². The molecule has 3 N–H and O–H groups in total. The van der Waals surface area contributed by atoms with Crippen molar-refractivity contribution in [3.05, 3.63) is 41.6 Å². The summed E-state index contributed by atoms with van der Waals surface area (Å²) in [5, 5.41) is 4.22. The second kappa shape index (κ2) is 9.82. The van der Waals surface area contributed by atoms with Crippen LogP contribution in [-0.4, -0.2) is 23.7 Å². The summed E-state index contributed by atoms with van der Waals surface area (Å²) in [5.74, 6) is 2.48. The second-order valence-electron chi connectivity index (χ2n) is 8.65. The molecule has 2 fully saturated rings. The van der Waals surface area contributed by atoms with Gasteiger partial charge in [0.15, 0.2) is 0 Å². The molecule has 2 aromatic rings. The molecule has 2 aliphatic carbocycles. The number of anilines is 1. The van der Waals surface area contributed by atoms with Crippen LogP contribution in [0.3, 0.4) is 0 Å². The predicted molar refractivity (Wildman–Crippen MR) is 121 cm³/mol. The molecule has 29 heavy (non-hydrogen) atoms. The molecule has 2 aliphatic rings. The van der Waals surface area contributed by atoms with Crippen LogP contribution in [0.25, 0.3) is 11.1 Å². The Morgan fingerprint density at radius 2 is 1.83 bits per heavy atom. The van der Waals surface area contributed by atoms with Crippen LogP contribution in [0.1, 0.15) is 57.8 Å². The zero-order valence-electron chi connectivity index (χ0n) is 17.1. The normalized spacial score (nSPS) is 23.0. The monoisotopic (exact) mass is 413 g/mol. The van der Waals surface area contributed by atoms with E-state index in [1.54, 1.807) is 6.20 Å². The minimum atomic E-state index is 0.345. The van der Waals surface area contributed by atoms with Gasteiger partial charge in [0, 0.05) is 23.8 Å². The van der Waals surface area contributed by atoms with Crippen molar-refractivity contribution in [2.75, 3.05) is 11.9 Å². The zero-order valence-corrected chi connectivity index (χ0v) is 17.8. The lowest BCUT2D eigenvalue weighted by atomic mass is 9.90. The quantitative estimate of drug-likeness (QED) is 0.605. The third-order valence-corrected chi connectivity index (χ3v) is 6.64. The van der Waals surface area contributed by atoms with E-state index in [4.69, 9.17) is 22.1 Å². The van der Waals surface area contributed by atoms with E-state index in [0.29, 0.717) is 23.0 Å². The number of ether oxygens (including phenoxy) is 1. The van der Waals surface area contributed by atoms with Crippen LogP contribution in [-0.2, 0) is 0 Å². The van der Waals surface area contributed by atoms with Crippen LogP contribution in [0.5, 0.6) is 5.75 Å². The molecule has 0 spiro atoms. The van der Waals surface area contributed by atoms with E-state index < -0.39 is 0 Å². The first-order valence-corrected chi connectivity index (χ1v) is 11.5. The molecule has 0 bridgehead atoms. The first-order valence-electron chi connectivity index (χ1n) is 11.1. The largest absolute Gasteiger partial charge is 0.493 e. The topological polar surface area (TPSA) is 60.2 Å². The number of hydrogen-bond acceptors (Lipinski definition) is 4. The lowest BCUT2D eigenvalue weighted by molar-refractivity contribution is 0.209. The second-order valence-corrected chi connectivity index (χ2v) is 9.06. The fourth-order valence-corrected chi connectivity index (χ4v) is 4.75. The van der Waals surface area contributed by atoms with Gasteiger partial charge in [0.2, 0.25) is 0 Å². The molecule has 156 valence electrons. The third kappa shape index (κ3) is 5.64. The summed E-state index contributed by atoms with van der Waals surface area (Å²) < 4.78 is 6.12. The molecule has 0 atom stereocenters. The molecular weight excluding hydrogens is 382 g/mol. The first kappa shape index (κ1) is 20.5. The van der Waals surface area contributed by atoms with Gasteiger partial charge in [-0.2, -0.15) is 0 Å². The fourth-order valence-electron chi connectivity index (χ4n) is 4.53. The van der Waals surface area contributed by atoms with E-state index in [0.717, 1.165) is 55.0 Å². The highest BCUT2D eigenvalue weighted by Gasteiger charge is 2.19. The molecule has 1 heterocycles. The number of hydrogen-bond donors (Lipinski definition) is 2. The highest BCUT2D eigenvalue weighted by atomic mass is 35.5. The van der Waals surface area contributed by atoms with E-state index in [1.165, 1.54) is 32.1 Å². The van der Waals surface area contributed by atoms with Gasteiger partial charge >= 0.3 is 0 Å². The smallest absolute Gasteiger partial charge is 0.126 e. The van der Waals surface area contributed by atoms with E-state index in [1.807, 2.05) is 12.1 Å². The summed E-state index contributed by atoms with van der Waals surface area (Å²) in [6, 6.07) is 11.1. The third-order valence-electron chi connectivity index (χ3n) is 6.33. The van der Waals surface area contributed by atoms with Crippen molar-refractivity contribution in [2.24, 2.45) is 11.7 Å². The van der Waals surface area contributed by atoms with Gasteiger partial charge < -0.3 is 15.8 Å². The van der Waals surface area contributed by atoms with Crippen molar-refractivity contribution >= 4 is 17.4 Å². The molecule has 1 aromatic heterocycles. The summed E-state index contributed by atoms with van der Waals surface area (Å²) in [7, 11) is 0. The molecule has 0 amide bonds. The van der Waals surface area contributed by atoms with Gasteiger partial charge in [-0.05, 0) is 68.2 Å². The molecule has 4 rings (SSSR count). The number of nitrogens with zero attached hydrogens (tertiary/aromatic N) is 1. The summed E-state index contributed by atoms with van der Waals surface area (Å²) >= 11 is 6.50. The number of pyridine rings is 1. The Labute approximate surface area is 179 Å². The molecular formula is C24H32ClN3O. The fraction of sp³-hybridized carbons (Fsp3) is 0.542. The number of nitrogens with one attached hydrogen (secondary N) is 1. The Kier molecular flexibility index (Phi) is 6.94. The van der Waals surface area contributed by atoms with Gasteiger partial charge in [-0.1, -0.05) is 43.0 Å². The summed E-state index contributed by atoms with van der Waals surface area (Å²) in [4.78, 5) is 4.49. The van der Waals surface area contributed by atoms with Crippen molar-refractivity contribution < 1.29 is 4.74 Å². The van der Waals surface area contributed by atoms with Crippen LogP contribution in [0, 0.1) is 5.92 Å². The van der Waals surface area contributed by atoms with Gasteiger partial charge in [0.1, 0.15) is 11.6 Å². The van der Waals surface area contributed by atoms with Crippen molar-refractivity contribution in [1.29, 1.82) is 0 Å². The van der Waals surface area contributed by atoms with Crippen molar-refractivity contribution in [3.63, 3.8) is 0 Å². The van der Waals surface area contributed by atoms with Crippen LogP contribution < -0.4 is 15.8 Å². The maximum absolute atomic E-state index is 6.50. The molecule has 2 saturated carbocycles. The average molecular weight is 414 g/mol. The summed E-state index contributed by atoms with van der Waals surface area (Å²) in [5.41, 5.74) is 8.07. The van der Waals surface area contributed by atoms with Gasteiger partial charge in [-0.15, -0.1) is 0 Å². The predicted octanol–water partition coefficient (Wildman–Crippen LogP) is 6.04. The van der Waals surface area contributed by atoms with Gasteiger partial charge in [-0.25, -0.2) is 4.98 Å². The Morgan fingerprint density at radius 1 is 1.03 bits per heavy atom. The van der Waals surface area contributed by atoms with Gasteiger partial charge in [0.25, 0.3) is 0 Å². The lowest BCUT2D eigenvalue weighted by Crippen LogP contribution is -2.33. The Morgan fingerprint density at radius 3 is 2.62 bits per heavy atom. The molecule has 1 aromatic carbocycles. The highest BCUT2D eigenvalue weighted by Crippen LogP contribution is 2.33. The van der Waals surface area contributed by atoms with Crippen LogP contribution >= 0.6 is 11.6 Å². The lowest BCUT2D eigenvalue weighted by Gasteiger charge is -2.27. The minimum absolute atomic E-state index is 0.345.